The van der Waals surface area contributed by atoms with Crippen molar-refractivity contribution < 1.29 is 28.1 Å². The Morgan fingerprint density at radius 1 is 1.31 bits per heavy atom. The summed E-state index contributed by atoms with van der Waals surface area (Å²) >= 11 is 5.82. The van der Waals surface area contributed by atoms with Crippen LogP contribution in [0.5, 0.6) is 0 Å². The monoisotopic (exact) mass is 470 g/mol. The van der Waals surface area contributed by atoms with E-state index in [0.717, 1.165) is 19.4 Å². The van der Waals surface area contributed by atoms with Gasteiger partial charge < -0.3 is 19.7 Å². The Morgan fingerprint density at radius 3 is 2.62 bits per heavy atom. The number of halogens is 2. The van der Waals surface area contributed by atoms with Crippen LogP contribution in [0, 0.1) is 0 Å². The van der Waals surface area contributed by atoms with E-state index in [4.69, 9.17) is 21.1 Å². The highest BCUT2D eigenvalue weighted by atomic mass is 35.5. The van der Waals surface area contributed by atoms with E-state index in [1.165, 1.54) is 24.3 Å². The van der Waals surface area contributed by atoms with E-state index in [1.54, 1.807) is 7.11 Å². The predicted molar refractivity (Wildman–Crippen MR) is 111 cm³/mol. The Labute approximate surface area is 182 Å². The molecule has 11 heteroatoms. The van der Waals surface area contributed by atoms with Crippen molar-refractivity contribution in [3.05, 3.63) is 29.3 Å². The number of hydrogen-bond acceptors (Lipinski definition) is 7. The van der Waals surface area contributed by atoms with E-state index >= 15 is 0 Å². The highest BCUT2D eigenvalue weighted by Gasteiger charge is 2.49. The Hall–Kier alpha value is -0.490. The van der Waals surface area contributed by atoms with Gasteiger partial charge in [-0.2, -0.15) is 0 Å². The van der Waals surface area contributed by atoms with Crippen LogP contribution in [0.2, 0.25) is 5.02 Å². The average molecular weight is 471 g/mol. The van der Waals surface area contributed by atoms with E-state index in [1.807, 2.05) is 0 Å². The van der Waals surface area contributed by atoms with Crippen LogP contribution in [0.3, 0.4) is 0 Å². The van der Waals surface area contributed by atoms with Crippen LogP contribution in [-0.4, -0.2) is 87.3 Å². The molecule has 2 aliphatic rings. The molecule has 0 unspecified atom stereocenters. The fourth-order valence-electron chi connectivity index (χ4n) is 4.07. The summed E-state index contributed by atoms with van der Waals surface area (Å²) < 4.78 is 38.8. The molecule has 3 rings (SSSR count). The molecule has 3 N–H and O–H groups in total. The summed E-state index contributed by atoms with van der Waals surface area (Å²) in [5, 5.41) is 20.7. The van der Waals surface area contributed by atoms with Gasteiger partial charge >= 0.3 is 0 Å². The first-order chi connectivity index (χ1) is 13.4. The van der Waals surface area contributed by atoms with Gasteiger partial charge in [0, 0.05) is 24.7 Å². The fraction of sp³-hybridized carbons (Fsp3) is 0.667. The molecule has 8 nitrogen and oxygen atoms in total. The lowest BCUT2D eigenvalue weighted by molar-refractivity contribution is -0.0201. The van der Waals surface area contributed by atoms with Crippen molar-refractivity contribution in [1.82, 2.24) is 9.62 Å². The molecule has 5 atom stereocenters. The van der Waals surface area contributed by atoms with Crippen LogP contribution < -0.4 is 4.72 Å². The molecule has 0 bridgehead atoms. The number of benzene rings is 1. The molecule has 0 spiro atoms. The third-order valence-electron chi connectivity index (χ3n) is 5.40. The molecule has 2 saturated heterocycles. The van der Waals surface area contributed by atoms with Crippen molar-refractivity contribution in [2.24, 2.45) is 0 Å². The van der Waals surface area contributed by atoms with E-state index in [0.29, 0.717) is 11.6 Å². The first-order valence-corrected chi connectivity index (χ1v) is 11.2. The molecule has 2 heterocycles. The van der Waals surface area contributed by atoms with Gasteiger partial charge in [0.1, 0.15) is 12.2 Å². The van der Waals surface area contributed by atoms with Crippen LogP contribution in [0.25, 0.3) is 0 Å². The quantitative estimate of drug-likeness (QED) is 0.511. The Balaban J connectivity index is 0.00000300. The molecular weight excluding hydrogens is 443 g/mol. The SMILES string of the molecule is COC[C@H]1CCCN1[C@@H]1[C@H](O)[C@H](CO)O[C@@H]1CNS(=O)(=O)c1ccc(Cl)cc1.Cl. The molecule has 2 fully saturated rings. The van der Waals surface area contributed by atoms with Crippen molar-refractivity contribution in [2.45, 2.75) is 48.1 Å². The molecule has 0 aliphatic carbocycles. The highest BCUT2D eigenvalue weighted by molar-refractivity contribution is 7.89. The van der Waals surface area contributed by atoms with E-state index < -0.39 is 34.4 Å². The third kappa shape index (κ3) is 5.61. The van der Waals surface area contributed by atoms with Gasteiger partial charge in [0.2, 0.25) is 10.0 Å². The molecule has 0 saturated carbocycles. The lowest BCUT2D eigenvalue weighted by atomic mass is 10.0. The van der Waals surface area contributed by atoms with Crippen LogP contribution in [-0.2, 0) is 19.5 Å². The maximum atomic E-state index is 12.6. The van der Waals surface area contributed by atoms with Gasteiger partial charge in [-0.3, -0.25) is 4.90 Å². The average Bonchev–Trinajstić information content (AvgIpc) is 3.24. The Kier molecular flexibility index (Phi) is 9.14. The molecule has 166 valence electrons. The lowest BCUT2D eigenvalue weighted by Crippen LogP contribution is -2.53. The van der Waals surface area contributed by atoms with Gasteiger partial charge in [0.25, 0.3) is 0 Å². The van der Waals surface area contributed by atoms with Crippen LogP contribution >= 0.6 is 24.0 Å². The predicted octanol–water partition coefficient (Wildman–Crippen LogP) is 0.640. The minimum Gasteiger partial charge on any atom is -0.394 e. The molecule has 1 aromatic rings. The van der Waals surface area contributed by atoms with Gasteiger partial charge in [-0.15, -0.1) is 12.4 Å². The standard InChI is InChI=1S/C18H27ClN2O6S.ClH/c1-26-11-13-3-2-8-21(13)17-15(27-16(10-22)18(17)23)9-20-28(24,25)14-6-4-12(19)5-7-14;/h4-7,13,15-18,20,22-23H,2-3,8-11H2,1H3;1H/t13-,15-,16+,17+,18-;/m1./s1. The van der Waals surface area contributed by atoms with Crippen molar-refractivity contribution in [3.8, 4) is 0 Å². The fourth-order valence-corrected chi connectivity index (χ4v) is 5.24. The lowest BCUT2D eigenvalue weighted by Gasteiger charge is -2.34. The molecular formula is C18H28Cl2N2O6S. The number of ether oxygens (including phenoxy) is 2. The number of nitrogens with zero attached hydrogens (tertiary/aromatic N) is 1. The molecule has 1 aromatic carbocycles. The van der Waals surface area contributed by atoms with Gasteiger partial charge in [-0.1, -0.05) is 11.6 Å². The summed E-state index contributed by atoms with van der Waals surface area (Å²) in [5.41, 5.74) is 0. The number of nitrogens with one attached hydrogen (secondary N) is 1. The van der Waals surface area contributed by atoms with E-state index in [-0.39, 0.29) is 36.5 Å². The summed E-state index contributed by atoms with van der Waals surface area (Å²) in [7, 11) is -2.12. The minimum absolute atomic E-state index is 0. The summed E-state index contributed by atoms with van der Waals surface area (Å²) in [5.74, 6) is 0. The second kappa shape index (κ2) is 10.7. The zero-order chi connectivity index (χ0) is 20.3. The van der Waals surface area contributed by atoms with Crippen molar-refractivity contribution >= 4 is 34.0 Å². The van der Waals surface area contributed by atoms with Crippen LogP contribution in [0.1, 0.15) is 12.8 Å². The van der Waals surface area contributed by atoms with Crippen molar-refractivity contribution in [1.29, 1.82) is 0 Å². The molecule has 29 heavy (non-hydrogen) atoms. The summed E-state index contributed by atoms with van der Waals surface area (Å²) in [6.07, 6.45) is -0.355. The first-order valence-electron chi connectivity index (χ1n) is 9.31. The number of rotatable bonds is 8. The first kappa shape index (κ1) is 24.8. The smallest absolute Gasteiger partial charge is 0.240 e. The number of hydrogen-bond donors (Lipinski definition) is 3. The normalized spacial score (nSPS) is 30.4. The summed E-state index contributed by atoms with van der Waals surface area (Å²) in [4.78, 5) is 2.22. The van der Waals surface area contributed by atoms with E-state index in [2.05, 4.69) is 9.62 Å². The second-order valence-corrected chi connectivity index (χ2v) is 9.38. The van der Waals surface area contributed by atoms with Gasteiger partial charge in [0.05, 0.1) is 30.3 Å². The number of sulfonamides is 1. The largest absolute Gasteiger partial charge is 0.394 e. The molecule has 0 aromatic heterocycles. The number of methoxy groups -OCH3 is 1. The van der Waals surface area contributed by atoms with E-state index in [9.17, 15) is 18.6 Å². The maximum Gasteiger partial charge on any atom is 0.240 e. The minimum atomic E-state index is -3.75. The maximum absolute atomic E-state index is 12.6. The molecule has 0 radical (unpaired) electrons. The van der Waals surface area contributed by atoms with Gasteiger partial charge in [-0.25, -0.2) is 13.1 Å². The summed E-state index contributed by atoms with van der Waals surface area (Å²) in [6.45, 7) is 0.939. The van der Waals surface area contributed by atoms with Gasteiger partial charge in [-0.05, 0) is 43.7 Å². The summed E-state index contributed by atoms with van der Waals surface area (Å²) in [6, 6.07) is 5.58. The molecule has 0 amide bonds. The number of aliphatic hydroxyl groups excluding tert-OH is 2. The molecule has 2 aliphatic heterocycles. The topological polar surface area (TPSA) is 108 Å². The van der Waals surface area contributed by atoms with Crippen molar-refractivity contribution in [3.63, 3.8) is 0 Å². The Bertz CT molecular complexity index is 751. The number of likely N-dealkylation sites (tertiary alicyclic amines) is 1. The Morgan fingerprint density at radius 2 is 2.00 bits per heavy atom. The van der Waals surface area contributed by atoms with Gasteiger partial charge in [0.15, 0.2) is 0 Å². The zero-order valence-electron chi connectivity index (χ0n) is 16.1. The number of aliphatic hydroxyl groups is 2. The van der Waals surface area contributed by atoms with Crippen LogP contribution in [0.15, 0.2) is 29.2 Å². The zero-order valence-corrected chi connectivity index (χ0v) is 18.5. The third-order valence-corrected chi connectivity index (χ3v) is 7.10. The van der Waals surface area contributed by atoms with Crippen molar-refractivity contribution in [2.75, 3.05) is 33.4 Å². The second-order valence-electron chi connectivity index (χ2n) is 7.17. The van der Waals surface area contributed by atoms with Crippen LogP contribution in [0.4, 0.5) is 0 Å². The highest BCUT2D eigenvalue weighted by Crippen LogP contribution is 2.31.